The number of aromatic hydroxyl groups is 1. The number of phenols is 1. The Morgan fingerprint density at radius 2 is 1.24 bits per heavy atom. The van der Waals surface area contributed by atoms with E-state index in [0.717, 1.165) is 77.3 Å². The molecule has 0 aliphatic carbocycles. The number of phenolic OH excluding ortho intramolecular Hbond substituents is 1. The van der Waals surface area contributed by atoms with Crippen molar-refractivity contribution < 1.29 is 5.11 Å². The Labute approximate surface area is 265 Å². The van der Waals surface area contributed by atoms with Crippen LogP contribution < -0.4 is 0 Å². The van der Waals surface area contributed by atoms with E-state index < -0.39 is 0 Å². The molecule has 0 bridgehead atoms. The molecular formula is C42H27N3O. The second-order valence-electron chi connectivity index (χ2n) is 11.6. The molecule has 0 amide bonds. The van der Waals surface area contributed by atoms with Crippen LogP contribution in [0.25, 0.3) is 82.8 Å². The summed E-state index contributed by atoms with van der Waals surface area (Å²) in [4.78, 5) is 9.52. The van der Waals surface area contributed by atoms with Gasteiger partial charge in [-0.3, -0.25) is 9.55 Å². The Balaban J connectivity index is 1.17. The van der Waals surface area contributed by atoms with E-state index in [1.54, 1.807) is 6.20 Å². The molecule has 0 aliphatic rings. The molecule has 2 aromatic heterocycles. The fraction of sp³-hybridized carbons (Fsp3) is 0. The van der Waals surface area contributed by atoms with Crippen LogP contribution in [0.4, 0.5) is 0 Å². The Morgan fingerprint density at radius 3 is 2.13 bits per heavy atom. The molecular weight excluding hydrogens is 562 g/mol. The maximum Gasteiger partial charge on any atom is 0.149 e. The molecule has 0 saturated carbocycles. The average molecular weight is 590 g/mol. The molecule has 216 valence electrons. The van der Waals surface area contributed by atoms with Crippen LogP contribution in [-0.2, 0) is 0 Å². The summed E-state index contributed by atoms with van der Waals surface area (Å²) in [6, 6.07) is 52.4. The molecule has 9 aromatic rings. The van der Waals surface area contributed by atoms with E-state index in [4.69, 9.17) is 4.98 Å². The van der Waals surface area contributed by atoms with E-state index in [-0.39, 0.29) is 5.75 Å². The third kappa shape index (κ3) is 4.15. The van der Waals surface area contributed by atoms with Crippen LogP contribution in [0, 0.1) is 0 Å². The first-order valence-corrected chi connectivity index (χ1v) is 15.4. The second kappa shape index (κ2) is 10.4. The number of rotatable bonds is 4. The van der Waals surface area contributed by atoms with Gasteiger partial charge < -0.3 is 5.11 Å². The molecule has 0 spiro atoms. The van der Waals surface area contributed by atoms with E-state index in [0.29, 0.717) is 5.52 Å². The van der Waals surface area contributed by atoms with Gasteiger partial charge in [0, 0.05) is 34.0 Å². The molecule has 4 nitrogen and oxygen atoms in total. The summed E-state index contributed by atoms with van der Waals surface area (Å²) in [5, 5.41) is 16.8. The summed E-state index contributed by atoms with van der Waals surface area (Å²) in [6.07, 6.45) is 1.72. The minimum Gasteiger partial charge on any atom is -0.505 e. The number of hydrogen-bond acceptors (Lipinski definition) is 3. The number of aromatic nitrogens is 3. The van der Waals surface area contributed by atoms with Gasteiger partial charge in [0.15, 0.2) is 0 Å². The summed E-state index contributed by atoms with van der Waals surface area (Å²) in [5.74, 6) is 1.12. The van der Waals surface area contributed by atoms with E-state index in [9.17, 15) is 5.11 Å². The fourth-order valence-corrected chi connectivity index (χ4v) is 6.74. The minimum absolute atomic E-state index is 0.206. The van der Waals surface area contributed by atoms with Gasteiger partial charge in [-0.1, -0.05) is 103 Å². The van der Waals surface area contributed by atoms with Crippen molar-refractivity contribution in [3.8, 4) is 45.1 Å². The topological polar surface area (TPSA) is 50.9 Å². The first-order valence-electron chi connectivity index (χ1n) is 15.4. The highest BCUT2D eigenvalue weighted by Gasteiger charge is 2.17. The fourth-order valence-electron chi connectivity index (χ4n) is 6.74. The number of pyridine rings is 1. The molecule has 0 saturated heterocycles. The van der Waals surface area contributed by atoms with Gasteiger partial charge in [0.25, 0.3) is 0 Å². The van der Waals surface area contributed by atoms with Gasteiger partial charge in [0.1, 0.15) is 17.1 Å². The molecule has 0 atom stereocenters. The Hall–Kier alpha value is -6.26. The zero-order chi connectivity index (χ0) is 30.6. The SMILES string of the molecule is Oc1c(-c2c3ccccc3cc3cc(-c4ccc(-c5nc6ccccc6n5-c5ccccc5)cc4)ccc23)ccc2cccnc12. The predicted molar refractivity (Wildman–Crippen MR) is 189 cm³/mol. The van der Waals surface area contributed by atoms with Crippen molar-refractivity contribution in [2.75, 3.05) is 0 Å². The van der Waals surface area contributed by atoms with E-state index >= 15 is 0 Å². The lowest BCUT2D eigenvalue weighted by Gasteiger charge is -2.15. The molecule has 1 N–H and O–H groups in total. The predicted octanol–water partition coefficient (Wildman–Crippen LogP) is 10.6. The number of benzene rings is 7. The third-order valence-electron chi connectivity index (χ3n) is 8.93. The molecule has 9 rings (SSSR count). The Morgan fingerprint density at radius 1 is 0.522 bits per heavy atom. The zero-order valence-corrected chi connectivity index (χ0v) is 24.8. The second-order valence-corrected chi connectivity index (χ2v) is 11.6. The van der Waals surface area contributed by atoms with Crippen LogP contribution in [0.5, 0.6) is 5.75 Å². The largest absolute Gasteiger partial charge is 0.505 e. The highest BCUT2D eigenvalue weighted by Crippen LogP contribution is 2.43. The molecule has 0 radical (unpaired) electrons. The molecule has 0 fully saturated rings. The normalized spacial score (nSPS) is 11.6. The standard InChI is InChI=1S/C42H27N3O/c46-41-36(23-20-28-10-8-24-43-40(28)41)39-34-13-5-4-9-31(34)26-32-25-30(21-22-35(32)39)27-16-18-29(19-17-27)42-44-37-14-6-7-15-38(37)45(42)33-11-2-1-3-12-33/h1-26,46H. The highest BCUT2D eigenvalue weighted by molar-refractivity contribution is 6.15. The summed E-state index contributed by atoms with van der Waals surface area (Å²) >= 11 is 0. The van der Waals surface area contributed by atoms with Crippen molar-refractivity contribution in [2.24, 2.45) is 0 Å². The first kappa shape index (κ1) is 26.2. The molecule has 4 heteroatoms. The van der Waals surface area contributed by atoms with Crippen molar-refractivity contribution in [3.05, 3.63) is 158 Å². The quantitative estimate of drug-likeness (QED) is 0.208. The summed E-state index contributed by atoms with van der Waals surface area (Å²) < 4.78 is 2.23. The highest BCUT2D eigenvalue weighted by atomic mass is 16.3. The maximum atomic E-state index is 11.4. The minimum atomic E-state index is 0.206. The van der Waals surface area contributed by atoms with E-state index in [1.807, 2.05) is 36.4 Å². The van der Waals surface area contributed by atoms with Gasteiger partial charge in [0.2, 0.25) is 0 Å². The number of nitrogens with zero attached hydrogens (tertiary/aromatic N) is 3. The van der Waals surface area contributed by atoms with Gasteiger partial charge in [-0.25, -0.2) is 4.98 Å². The number of fused-ring (bicyclic) bond motifs is 4. The van der Waals surface area contributed by atoms with Crippen molar-refractivity contribution >= 4 is 43.5 Å². The number of hydrogen-bond donors (Lipinski definition) is 1. The summed E-state index contributed by atoms with van der Waals surface area (Å²) in [7, 11) is 0. The van der Waals surface area contributed by atoms with Gasteiger partial charge in [-0.2, -0.15) is 0 Å². The lowest BCUT2D eigenvalue weighted by atomic mass is 9.89. The van der Waals surface area contributed by atoms with Crippen LogP contribution in [0.15, 0.2) is 158 Å². The van der Waals surface area contributed by atoms with Crippen LogP contribution in [-0.4, -0.2) is 19.6 Å². The van der Waals surface area contributed by atoms with Crippen molar-refractivity contribution in [3.63, 3.8) is 0 Å². The van der Waals surface area contributed by atoms with Gasteiger partial charge in [-0.05, 0) is 81.2 Å². The molecule has 46 heavy (non-hydrogen) atoms. The van der Waals surface area contributed by atoms with Crippen LogP contribution in [0.1, 0.15) is 0 Å². The van der Waals surface area contributed by atoms with Crippen LogP contribution in [0.2, 0.25) is 0 Å². The van der Waals surface area contributed by atoms with Crippen LogP contribution >= 0.6 is 0 Å². The third-order valence-corrected chi connectivity index (χ3v) is 8.93. The molecule has 0 unspecified atom stereocenters. The van der Waals surface area contributed by atoms with Gasteiger partial charge >= 0.3 is 0 Å². The molecule has 2 heterocycles. The molecule has 0 aliphatic heterocycles. The van der Waals surface area contributed by atoms with E-state index in [1.165, 1.54) is 0 Å². The van der Waals surface area contributed by atoms with Crippen molar-refractivity contribution in [1.82, 2.24) is 14.5 Å². The lowest BCUT2D eigenvalue weighted by molar-refractivity contribution is 0.482. The lowest BCUT2D eigenvalue weighted by Crippen LogP contribution is -1.97. The van der Waals surface area contributed by atoms with Gasteiger partial charge in [0.05, 0.1) is 11.0 Å². The van der Waals surface area contributed by atoms with Crippen molar-refractivity contribution in [2.45, 2.75) is 0 Å². The number of imidazole rings is 1. The summed E-state index contributed by atoms with van der Waals surface area (Å²) in [5.41, 5.74) is 8.85. The smallest absolute Gasteiger partial charge is 0.149 e. The maximum absolute atomic E-state index is 11.4. The number of para-hydroxylation sites is 3. The molecule has 7 aromatic carbocycles. The monoisotopic (exact) mass is 589 g/mol. The van der Waals surface area contributed by atoms with E-state index in [2.05, 4.69) is 125 Å². The van der Waals surface area contributed by atoms with Crippen molar-refractivity contribution in [1.29, 1.82) is 0 Å². The average Bonchev–Trinajstić information content (AvgIpc) is 3.51. The summed E-state index contributed by atoms with van der Waals surface area (Å²) in [6.45, 7) is 0. The Kier molecular flexibility index (Phi) is 5.93. The zero-order valence-electron chi connectivity index (χ0n) is 24.8. The Bertz CT molecular complexity index is 2590. The van der Waals surface area contributed by atoms with Gasteiger partial charge in [-0.15, -0.1) is 0 Å². The first-order chi connectivity index (χ1) is 22.7. The van der Waals surface area contributed by atoms with Crippen LogP contribution in [0.3, 0.4) is 0 Å².